The van der Waals surface area contributed by atoms with Gasteiger partial charge in [0.25, 0.3) is 0 Å². The number of hydrazine groups is 2. The fraction of sp³-hybridized carbons (Fsp3) is 0.800. The predicted octanol–water partition coefficient (Wildman–Crippen LogP) is -0.565. The van der Waals surface area contributed by atoms with Crippen LogP contribution in [-0.4, -0.2) is 11.7 Å². The maximum absolute atomic E-state index is 10.5. The Morgan fingerprint density at radius 2 is 1.90 bits per heavy atom. The number of carbonyl (C=O) groups is 1. The average Bonchev–Trinajstić information content (AvgIpc) is 1.96. The molecular formula is C5H12N4O. The molecule has 1 heterocycles. The van der Waals surface area contributed by atoms with Crippen molar-refractivity contribution in [2.45, 2.75) is 25.9 Å². The third-order valence-corrected chi connectivity index (χ3v) is 1.61. The van der Waals surface area contributed by atoms with Gasteiger partial charge in [0.05, 0.1) is 0 Å². The monoisotopic (exact) mass is 144 g/mol. The highest BCUT2D eigenvalue weighted by Crippen LogP contribution is 2.02. The van der Waals surface area contributed by atoms with E-state index in [-0.39, 0.29) is 11.7 Å². The summed E-state index contributed by atoms with van der Waals surface area (Å²) in [6.45, 7) is 3.96. The van der Waals surface area contributed by atoms with Crippen LogP contribution in [0.25, 0.3) is 0 Å². The third-order valence-electron chi connectivity index (χ3n) is 1.61. The molecule has 4 N–H and O–H groups in total. The van der Waals surface area contributed by atoms with E-state index in [1.807, 2.05) is 13.8 Å². The number of amides is 2. The van der Waals surface area contributed by atoms with Crippen LogP contribution in [0.4, 0.5) is 4.79 Å². The van der Waals surface area contributed by atoms with Crippen LogP contribution in [0.15, 0.2) is 0 Å². The van der Waals surface area contributed by atoms with Crippen LogP contribution in [0, 0.1) is 0 Å². The maximum atomic E-state index is 10.5. The van der Waals surface area contributed by atoms with Gasteiger partial charge in [-0.05, 0) is 13.3 Å². The Bertz CT molecular complexity index is 137. The van der Waals surface area contributed by atoms with Crippen molar-refractivity contribution < 1.29 is 4.79 Å². The molecular weight excluding hydrogens is 132 g/mol. The summed E-state index contributed by atoms with van der Waals surface area (Å²) >= 11 is 0. The highest BCUT2D eigenvalue weighted by Gasteiger charge is 2.25. The summed E-state index contributed by atoms with van der Waals surface area (Å²) in [5.74, 6) is 0. The van der Waals surface area contributed by atoms with Gasteiger partial charge in [0, 0.05) is 0 Å². The molecule has 10 heavy (non-hydrogen) atoms. The molecule has 0 atom stereocenters. The van der Waals surface area contributed by atoms with E-state index < -0.39 is 0 Å². The van der Waals surface area contributed by atoms with E-state index in [4.69, 9.17) is 0 Å². The summed E-state index contributed by atoms with van der Waals surface area (Å²) in [5.41, 5.74) is 10.3. The molecule has 5 nitrogen and oxygen atoms in total. The van der Waals surface area contributed by atoms with E-state index >= 15 is 0 Å². The van der Waals surface area contributed by atoms with E-state index in [9.17, 15) is 4.79 Å². The molecule has 1 rings (SSSR count). The molecule has 5 heteroatoms. The number of nitrogens with one attached hydrogen (secondary N) is 4. The van der Waals surface area contributed by atoms with Crippen molar-refractivity contribution in [3.05, 3.63) is 0 Å². The van der Waals surface area contributed by atoms with Gasteiger partial charge in [0.15, 0.2) is 0 Å². The smallest absolute Gasteiger partial charge is 0.270 e. The van der Waals surface area contributed by atoms with Gasteiger partial charge in [-0.1, -0.05) is 6.92 Å². The second-order valence-electron chi connectivity index (χ2n) is 2.51. The fourth-order valence-corrected chi connectivity index (χ4v) is 0.629. The van der Waals surface area contributed by atoms with Crippen LogP contribution in [0.1, 0.15) is 20.3 Å². The van der Waals surface area contributed by atoms with Crippen LogP contribution >= 0.6 is 0 Å². The van der Waals surface area contributed by atoms with Gasteiger partial charge in [-0.25, -0.2) is 15.6 Å². The summed E-state index contributed by atoms with van der Waals surface area (Å²) < 4.78 is 0. The van der Waals surface area contributed by atoms with Gasteiger partial charge in [-0.3, -0.25) is 10.9 Å². The molecule has 1 aliphatic heterocycles. The van der Waals surface area contributed by atoms with E-state index in [0.717, 1.165) is 6.42 Å². The normalized spacial score (nSPS) is 23.2. The minimum Gasteiger partial charge on any atom is -0.270 e. The lowest BCUT2D eigenvalue weighted by Gasteiger charge is -2.35. The molecule has 0 saturated carbocycles. The van der Waals surface area contributed by atoms with Crippen molar-refractivity contribution in [2.24, 2.45) is 0 Å². The topological polar surface area (TPSA) is 65.2 Å². The molecule has 0 spiro atoms. The fourth-order valence-electron chi connectivity index (χ4n) is 0.629. The van der Waals surface area contributed by atoms with Crippen LogP contribution in [0.3, 0.4) is 0 Å². The zero-order valence-electron chi connectivity index (χ0n) is 6.12. The van der Waals surface area contributed by atoms with E-state index in [1.54, 1.807) is 0 Å². The summed E-state index contributed by atoms with van der Waals surface area (Å²) in [6, 6.07) is -0.258. The molecule has 0 aromatic carbocycles. The first-order chi connectivity index (χ1) is 4.66. The molecule has 0 aromatic heterocycles. The molecule has 0 radical (unpaired) electrons. The lowest BCUT2D eigenvalue weighted by molar-refractivity contribution is 0.158. The van der Waals surface area contributed by atoms with E-state index in [0.29, 0.717) is 0 Å². The Morgan fingerprint density at radius 1 is 1.40 bits per heavy atom. The minimum absolute atomic E-state index is 0.242. The van der Waals surface area contributed by atoms with Gasteiger partial charge in [0.1, 0.15) is 5.66 Å². The van der Waals surface area contributed by atoms with Crippen LogP contribution < -0.4 is 21.7 Å². The minimum atomic E-state index is -0.258. The van der Waals surface area contributed by atoms with Crippen LogP contribution in [0.5, 0.6) is 0 Å². The number of carbonyl (C=O) groups excluding carboxylic acids is 1. The number of hydrogen-bond donors (Lipinski definition) is 4. The zero-order valence-corrected chi connectivity index (χ0v) is 6.12. The van der Waals surface area contributed by atoms with Gasteiger partial charge in [-0.2, -0.15) is 0 Å². The Labute approximate surface area is 59.5 Å². The van der Waals surface area contributed by atoms with Crippen molar-refractivity contribution in [1.29, 1.82) is 0 Å². The molecule has 0 unspecified atom stereocenters. The molecule has 1 aliphatic rings. The second-order valence-corrected chi connectivity index (χ2v) is 2.51. The SMILES string of the molecule is CCC1(C)NNC(=O)NN1. The van der Waals surface area contributed by atoms with E-state index in [2.05, 4.69) is 21.7 Å². The summed E-state index contributed by atoms with van der Waals surface area (Å²) in [5, 5.41) is 0. The van der Waals surface area contributed by atoms with Crippen molar-refractivity contribution >= 4 is 6.03 Å². The van der Waals surface area contributed by atoms with E-state index in [1.165, 1.54) is 0 Å². The number of urea groups is 1. The lowest BCUT2D eigenvalue weighted by Crippen LogP contribution is -2.72. The third kappa shape index (κ3) is 1.37. The van der Waals surface area contributed by atoms with Gasteiger partial charge in [-0.15, -0.1) is 0 Å². The summed E-state index contributed by atoms with van der Waals surface area (Å²) in [6.07, 6.45) is 0.875. The Morgan fingerprint density at radius 3 is 2.30 bits per heavy atom. The lowest BCUT2D eigenvalue weighted by atomic mass is 10.1. The first-order valence-electron chi connectivity index (χ1n) is 3.26. The standard InChI is InChI=1S/C5H12N4O/c1-3-5(2)8-6-4(10)7-9-5/h8-9H,3H2,1-2H3,(H2,6,7,10). The van der Waals surface area contributed by atoms with Crippen molar-refractivity contribution in [1.82, 2.24) is 21.7 Å². The first kappa shape index (κ1) is 7.30. The Hall–Kier alpha value is -0.810. The number of rotatable bonds is 1. The highest BCUT2D eigenvalue weighted by atomic mass is 16.2. The molecule has 1 saturated heterocycles. The second kappa shape index (κ2) is 2.43. The van der Waals surface area contributed by atoms with Crippen LogP contribution in [-0.2, 0) is 0 Å². The molecule has 1 fully saturated rings. The average molecular weight is 144 g/mol. The van der Waals surface area contributed by atoms with Gasteiger partial charge < -0.3 is 0 Å². The Balaban J connectivity index is 2.46. The molecule has 2 amide bonds. The van der Waals surface area contributed by atoms with Gasteiger partial charge >= 0.3 is 6.03 Å². The summed E-state index contributed by atoms with van der Waals surface area (Å²) in [7, 11) is 0. The zero-order chi connectivity index (χ0) is 7.61. The highest BCUT2D eigenvalue weighted by molar-refractivity contribution is 5.73. The first-order valence-corrected chi connectivity index (χ1v) is 3.26. The van der Waals surface area contributed by atoms with Crippen molar-refractivity contribution in [2.75, 3.05) is 0 Å². The van der Waals surface area contributed by atoms with Crippen LogP contribution in [0.2, 0.25) is 0 Å². The molecule has 0 aliphatic carbocycles. The Kier molecular flexibility index (Phi) is 1.78. The van der Waals surface area contributed by atoms with Crippen molar-refractivity contribution in [3.63, 3.8) is 0 Å². The largest absolute Gasteiger partial charge is 0.343 e. The number of hydrogen-bond acceptors (Lipinski definition) is 3. The maximum Gasteiger partial charge on any atom is 0.343 e. The molecule has 0 aromatic rings. The molecule has 58 valence electrons. The summed E-state index contributed by atoms with van der Waals surface area (Å²) in [4.78, 5) is 10.5. The predicted molar refractivity (Wildman–Crippen MR) is 36.6 cm³/mol. The molecule has 0 bridgehead atoms. The van der Waals surface area contributed by atoms with Gasteiger partial charge in [0.2, 0.25) is 0 Å². The van der Waals surface area contributed by atoms with Crippen molar-refractivity contribution in [3.8, 4) is 0 Å². The quantitative estimate of drug-likeness (QED) is 0.398.